The van der Waals surface area contributed by atoms with E-state index < -0.39 is 0 Å². The highest BCUT2D eigenvalue weighted by molar-refractivity contribution is 7.16. The van der Waals surface area contributed by atoms with Gasteiger partial charge in [0.05, 0.1) is 16.8 Å². The molecule has 2 heterocycles. The minimum absolute atomic E-state index is 0.904. The molecule has 0 aliphatic heterocycles. The zero-order valence-corrected chi connectivity index (χ0v) is 8.29. The van der Waals surface area contributed by atoms with Gasteiger partial charge < -0.3 is 0 Å². The lowest BCUT2D eigenvalue weighted by molar-refractivity contribution is 1.21. The van der Waals surface area contributed by atoms with Gasteiger partial charge in [0, 0.05) is 17.3 Å². The molecule has 0 amide bonds. The Labute approximate surface area is 86.3 Å². The lowest BCUT2D eigenvalue weighted by Gasteiger charge is -1.92. The summed E-state index contributed by atoms with van der Waals surface area (Å²) in [4.78, 5) is 10.5. The Morgan fingerprint density at radius 3 is 3.00 bits per heavy atom. The van der Waals surface area contributed by atoms with Crippen LogP contribution in [0.5, 0.6) is 0 Å². The third-order valence-corrected chi connectivity index (χ3v) is 2.74. The van der Waals surface area contributed by atoms with Crippen molar-refractivity contribution < 1.29 is 0 Å². The second-order valence-corrected chi connectivity index (χ2v) is 3.76. The molecule has 14 heavy (non-hydrogen) atoms. The predicted octanol–water partition coefficient (Wildman–Crippen LogP) is 3.00. The van der Waals surface area contributed by atoms with E-state index in [9.17, 15) is 0 Å². The Morgan fingerprint density at radius 2 is 2.29 bits per heavy atom. The number of rotatable bonds is 2. The zero-order valence-electron chi connectivity index (χ0n) is 7.47. The van der Waals surface area contributed by atoms with E-state index >= 15 is 0 Å². The molecule has 2 aromatic rings. The van der Waals surface area contributed by atoms with E-state index in [2.05, 4.69) is 22.3 Å². The molecule has 2 aromatic heterocycles. The van der Waals surface area contributed by atoms with Gasteiger partial charge in [-0.3, -0.25) is 9.97 Å². The van der Waals surface area contributed by atoms with Crippen LogP contribution in [0.15, 0.2) is 43.0 Å². The van der Waals surface area contributed by atoms with Crippen LogP contribution in [-0.4, -0.2) is 9.97 Å². The van der Waals surface area contributed by atoms with Crippen LogP contribution >= 0.6 is 11.3 Å². The van der Waals surface area contributed by atoms with Crippen molar-refractivity contribution >= 4 is 17.4 Å². The lowest BCUT2D eigenvalue weighted by atomic mass is 10.3. The molecule has 0 bridgehead atoms. The van der Waals surface area contributed by atoms with Crippen LogP contribution in [0.1, 0.15) is 4.88 Å². The molecule has 0 radical (unpaired) electrons. The number of nitrogens with zero attached hydrogens (tertiary/aromatic N) is 2. The van der Waals surface area contributed by atoms with Crippen LogP contribution in [0.3, 0.4) is 0 Å². The van der Waals surface area contributed by atoms with E-state index in [4.69, 9.17) is 0 Å². The molecule has 0 fully saturated rings. The van der Waals surface area contributed by atoms with Crippen LogP contribution in [0.2, 0.25) is 0 Å². The smallest absolute Gasteiger partial charge is 0.0984 e. The summed E-state index contributed by atoms with van der Waals surface area (Å²) in [5.41, 5.74) is 3.65. The minimum Gasteiger partial charge on any atom is -0.261 e. The largest absolute Gasteiger partial charge is 0.261 e. The van der Waals surface area contributed by atoms with Gasteiger partial charge in [0.25, 0.3) is 0 Å². The number of thiophene rings is 1. The molecule has 0 spiro atoms. The molecule has 0 unspecified atom stereocenters. The standard InChI is InChI=1S/C11H8N2S/c1-2-3-9-4-5-11(14-9)10-8-12-6-7-13-10/h3-8H,1H2. The molecule has 0 aliphatic carbocycles. The number of hydrogen-bond acceptors (Lipinski definition) is 3. The fourth-order valence-corrected chi connectivity index (χ4v) is 1.97. The van der Waals surface area contributed by atoms with Gasteiger partial charge in [0.2, 0.25) is 0 Å². The topological polar surface area (TPSA) is 25.8 Å². The van der Waals surface area contributed by atoms with Crippen LogP contribution in [0, 0.1) is 0 Å². The maximum atomic E-state index is 4.22. The van der Waals surface area contributed by atoms with E-state index in [1.54, 1.807) is 29.9 Å². The lowest BCUT2D eigenvalue weighted by Crippen LogP contribution is -1.79. The van der Waals surface area contributed by atoms with E-state index in [-0.39, 0.29) is 0 Å². The average Bonchev–Trinajstić information content (AvgIpc) is 2.68. The van der Waals surface area contributed by atoms with E-state index in [1.165, 1.54) is 0 Å². The third kappa shape index (κ3) is 1.79. The average molecular weight is 200 g/mol. The van der Waals surface area contributed by atoms with Crippen molar-refractivity contribution in [1.82, 2.24) is 9.97 Å². The van der Waals surface area contributed by atoms with Gasteiger partial charge in [-0.15, -0.1) is 17.1 Å². The fourth-order valence-electron chi connectivity index (χ4n) is 1.09. The van der Waals surface area contributed by atoms with Crippen molar-refractivity contribution in [1.29, 1.82) is 0 Å². The van der Waals surface area contributed by atoms with Gasteiger partial charge in [0.1, 0.15) is 0 Å². The molecular formula is C11H8N2S. The van der Waals surface area contributed by atoms with Crippen molar-refractivity contribution in [3.63, 3.8) is 0 Å². The number of aromatic nitrogens is 2. The van der Waals surface area contributed by atoms with Crippen molar-refractivity contribution in [2.24, 2.45) is 0 Å². The van der Waals surface area contributed by atoms with Gasteiger partial charge >= 0.3 is 0 Å². The molecule has 0 atom stereocenters. The van der Waals surface area contributed by atoms with Crippen LogP contribution in [0.4, 0.5) is 0 Å². The molecular weight excluding hydrogens is 192 g/mol. The maximum absolute atomic E-state index is 4.22. The summed E-state index contributed by atoms with van der Waals surface area (Å²) < 4.78 is 0. The number of hydrogen-bond donors (Lipinski definition) is 0. The molecule has 0 aromatic carbocycles. The minimum atomic E-state index is 0.904. The SMILES string of the molecule is C=C=Cc1ccc(-c2cnccn2)s1. The fraction of sp³-hybridized carbons (Fsp3) is 0. The van der Waals surface area contributed by atoms with E-state index in [0.717, 1.165) is 15.4 Å². The molecule has 68 valence electrons. The molecule has 0 aliphatic rings. The summed E-state index contributed by atoms with van der Waals surface area (Å²) in [6.07, 6.45) is 6.97. The maximum Gasteiger partial charge on any atom is 0.0984 e. The molecule has 0 N–H and O–H groups in total. The van der Waals surface area contributed by atoms with Crippen LogP contribution < -0.4 is 0 Å². The van der Waals surface area contributed by atoms with Gasteiger partial charge in [-0.25, -0.2) is 0 Å². The van der Waals surface area contributed by atoms with E-state index in [1.807, 2.05) is 18.2 Å². The first-order chi connectivity index (χ1) is 6.90. The quantitative estimate of drug-likeness (QED) is 0.696. The van der Waals surface area contributed by atoms with Crippen LogP contribution in [-0.2, 0) is 0 Å². The Morgan fingerprint density at radius 1 is 1.36 bits per heavy atom. The van der Waals surface area contributed by atoms with Crippen molar-refractivity contribution in [3.05, 3.63) is 47.9 Å². The zero-order chi connectivity index (χ0) is 9.80. The van der Waals surface area contributed by atoms with Gasteiger partial charge in [-0.1, -0.05) is 6.58 Å². The molecule has 2 nitrogen and oxygen atoms in total. The Kier molecular flexibility index (Phi) is 2.54. The summed E-state index contributed by atoms with van der Waals surface area (Å²) in [5.74, 6) is 0. The van der Waals surface area contributed by atoms with Crippen molar-refractivity contribution in [2.75, 3.05) is 0 Å². The first-order valence-electron chi connectivity index (χ1n) is 4.12. The molecule has 3 heteroatoms. The first-order valence-corrected chi connectivity index (χ1v) is 4.94. The Hall–Kier alpha value is -1.70. The highest BCUT2D eigenvalue weighted by Crippen LogP contribution is 2.26. The molecule has 0 saturated heterocycles. The first kappa shape index (κ1) is 8.88. The highest BCUT2D eigenvalue weighted by Gasteiger charge is 2.01. The van der Waals surface area contributed by atoms with Crippen LogP contribution in [0.25, 0.3) is 16.6 Å². The summed E-state index contributed by atoms with van der Waals surface area (Å²) in [7, 11) is 0. The summed E-state index contributed by atoms with van der Waals surface area (Å²) >= 11 is 1.65. The van der Waals surface area contributed by atoms with Crippen molar-refractivity contribution in [3.8, 4) is 10.6 Å². The monoisotopic (exact) mass is 200 g/mol. The van der Waals surface area contributed by atoms with Crippen molar-refractivity contribution in [2.45, 2.75) is 0 Å². The normalized spacial score (nSPS) is 9.43. The van der Waals surface area contributed by atoms with E-state index in [0.29, 0.717) is 0 Å². The third-order valence-electron chi connectivity index (χ3n) is 1.69. The molecule has 2 rings (SSSR count). The Bertz CT molecular complexity index is 467. The van der Waals surface area contributed by atoms with Gasteiger partial charge in [0.15, 0.2) is 0 Å². The summed E-state index contributed by atoms with van der Waals surface area (Å²) in [6, 6.07) is 4.05. The highest BCUT2D eigenvalue weighted by atomic mass is 32.1. The summed E-state index contributed by atoms with van der Waals surface area (Å²) in [5, 5.41) is 0. The second-order valence-electron chi connectivity index (χ2n) is 2.64. The van der Waals surface area contributed by atoms with Gasteiger partial charge in [-0.2, -0.15) is 0 Å². The molecule has 0 saturated carbocycles. The summed E-state index contributed by atoms with van der Waals surface area (Å²) in [6.45, 7) is 3.54. The van der Waals surface area contributed by atoms with Gasteiger partial charge in [-0.05, 0) is 18.2 Å². The second kappa shape index (κ2) is 4.01. The predicted molar refractivity (Wildman–Crippen MR) is 58.9 cm³/mol. The Balaban J connectivity index is 2.39.